The maximum atomic E-state index is 5.92. The van der Waals surface area contributed by atoms with Gasteiger partial charge in [0.05, 0.1) is 23.8 Å². The van der Waals surface area contributed by atoms with Gasteiger partial charge < -0.3 is 9.64 Å². The van der Waals surface area contributed by atoms with Crippen LogP contribution in [0.1, 0.15) is 0 Å². The molecule has 1 aromatic heterocycles. The number of aromatic nitrogens is 1. The molecule has 1 saturated heterocycles. The van der Waals surface area contributed by atoms with Gasteiger partial charge in [-0.1, -0.05) is 23.4 Å². The van der Waals surface area contributed by atoms with Gasteiger partial charge in [-0.15, -0.1) is 0 Å². The summed E-state index contributed by atoms with van der Waals surface area (Å²) in [5.74, 6) is 0. The van der Waals surface area contributed by atoms with E-state index in [4.69, 9.17) is 16.3 Å². The van der Waals surface area contributed by atoms with Crippen molar-refractivity contribution in [3.05, 3.63) is 47.7 Å². The number of pyridine rings is 1. The lowest BCUT2D eigenvalue weighted by Gasteiger charge is -2.30. The molecular weight excluding hydrogens is 292 g/mol. The second kappa shape index (κ2) is 6.48. The van der Waals surface area contributed by atoms with Crippen LogP contribution >= 0.6 is 23.4 Å². The molecule has 0 atom stereocenters. The Bertz CT molecular complexity index is 570. The summed E-state index contributed by atoms with van der Waals surface area (Å²) in [6.45, 7) is 3.43. The number of nitrogens with zero attached hydrogens (tertiary/aromatic N) is 2. The molecule has 0 radical (unpaired) electrons. The summed E-state index contributed by atoms with van der Waals surface area (Å²) in [6, 6.07) is 9.96. The van der Waals surface area contributed by atoms with Gasteiger partial charge in [-0.05, 0) is 30.3 Å². The molecule has 3 nitrogen and oxygen atoms in total. The molecule has 3 rings (SSSR count). The van der Waals surface area contributed by atoms with E-state index in [1.807, 2.05) is 36.7 Å². The molecule has 0 N–H and O–H groups in total. The fourth-order valence-electron chi connectivity index (χ4n) is 2.15. The molecule has 0 unspecified atom stereocenters. The summed E-state index contributed by atoms with van der Waals surface area (Å²) in [7, 11) is 0. The van der Waals surface area contributed by atoms with Gasteiger partial charge in [0, 0.05) is 35.4 Å². The Morgan fingerprint density at radius 3 is 2.60 bits per heavy atom. The summed E-state index contributed by atoms with van der Waals surface area (Å²) in [5.41, 5.74) is 1.23. The molecule has 0 aliphatic carbocycles. The molecule has 2 aromatic rings. The van der Waals surface area contributed by atoms with Gasteiger partial charge in [0.1, 0.15) is 0 Å². The summed E-state index contributed by atoms with van der Waals surface area (Å²) in [5, 5.41) is 0.758. The fourth-order valence-corrected chi connectivity index (χ4v) is 3.21. The molecule has 5 heteroatoms. The largest absolute Gasteiger partial charge is 0.378 e. The summed E-state index contributed by atoms with van der Waals surface area (Å²) < 4.78 is 5.41. The van der Waals surface area contributed by atoms with Gasteiger partial charge in [0.2, 0.25) is 0 Å². The maximum absolute atomic E-state index is 5.92. The van der Waals surface area contributed by atoms with Crippen molar-refractivity contribution >= 4 is 29.1 Å². The van der Waals surface area contributed by atoms with Gasteiger partial charge in [-0.2, -0.15) is 0 Å². The topological polar surface area (TPSA) is 25.4 Å². The maximum Gasteiger partial charge on any atom is 0.0642 e. The SMILES string of the molecule is Clc1ccc(Sc2cnccc2N2CCOCC2)cc1. The highest BCUT2D eigenvalue weighted by Gasteiger charge is 2.15. The van der Waals surface area contributed by atoms with Crippen molar-refractivity contribution in [2.24, 2.45) is 0 Å². The average Bonchev–Trinajstić information content (AvgIpc) is 2.51. The lowest BCUT2D eigenvalue weighted by atomic mass is 10.3. The number of halogens is 1. The molecule has 1 aliphatic rings. The number of morpholine rings is 1. The van der Waals surface area contributed by atoms with E-state index in [1.54, 1.807) is 11.8 Å². The predicted molar refractivity (Wildman–Crippen MR) is 82.8 cm³/mol. The first-order valence-electron chi connectivity index (χ1n) is 6.53. The first-order valence-corrected chi connectivity index (χ1v) is 7.72. The molecule has 20 heavy (non-hydrogen) atoms. The molecule has 1 aromatic carbocycles. The van der Waals surface area contributed by atoms with Crippen LogP contribution < -0.4 is 4.90 Å². The van der Waals surface area contributed by atoms with E-state index < -0.39 is 0 Å². The highest BCUT2D eigenvalue weighted by molar-refractivity contribution is 7.99. The third-order valence-electron chi connectivity index (χ3n) is 3.16. The molecule has 2 heterocycles. The van der Waals surface area contributed by atoms with Crippen molar-refractivity contribution in [2.75, 3.05) is 31.2 Å². The zero-order chi connectivity index (χ0) is 13.8. The number of hydrogen-bond donors (Lipinski definition) is 0. The fraction of sp³-hybridized carbons (Fsp3) is 0.267. The smallest absolute Gasteiger partial charge is 0.0642 e. The van der Waals surface area contributed by atoms with Gasteiger partial charge >= 0.3 is 0 Å². The predicted octanol–water partition coefficient (Wildman–Crippen LogP) is 3.72. The zero-order valence-corrected chi connectivity index (χ0v) is 12.5. The normalized spacial score (nSPS) is 15.3. The van der Waals surface area contributed by atoms with Crippen LogP contribution in [0.4, 0.5) is 5.69 Å². The van der Waals surface area contributed by atoms with Gasteiger partial charge in [0.25, 0.3) is 0 Å². The van der Waals surface area contributed by atoms with Crippen molar-refractivity contribution in [3.8, 4) is 0 Å². The van der Waals surface area contributed by atoms with E-state index in [-0.39, 0.29) is 0 Å². The third-order valence-corrected chi connectivity index (χ3v) is 4.45. The Hall–Kier alpha value is -1.23. The van der Waals surface area contributed by atoms with Crippen LogP contribution in [0.15, 0.2) is 52.5 Å². The molecule has 0 amide bonds. The van der Waals surface area contributed by atoms with Gasteiger partial charge in [-0.25, -0.2) is 0 Å². The summed E-state index contributed by atoms with van der Waals surface area (Å²) in [6.07, 6.45) is 3.76. The van der Waals surface area contributed by atoms with Crippen LogP contribution in [-0.4, -0.2) is 31.3 Å². The second-order valence-corrected chi connectivity index (χ2v) is 6.05. The monoisotopic (exact) mass is 306 g/mol. The zero-order valence-electron chi connectivity index (χ0n) is 11.0. The molecular formula is C15H15ClN2OS. The van der Waals surface area contributed by atoms with E-state index >= 15 is 0 Å². The average molecular weight is 307 g/mol. The number of rotatable bonds is 3. The van der Waals surface area contributed by atoms with Crippen LogP contribution in [0.5, 0.6) is 0 Å². The van der Waals surface area contributed by atoms with Crippen molar-refractivity contribution in [1.82, 2.24) is 4.98 Å². The minimum absolute atomic E-state index is 0.758. The summed E-state index contributed by atoms with van der Waals surface area (Å²) >= 11 is 7.64. The minimum atomic E-state index is 0.758. The Balaban J connectivity index is 1.83. The number of hydrogen-bond acceptors (Lipinski definition) is 4. The number of anilines is 1. The standard InChI is InChI=1S/C15H15ClN2OS/c16-12-1-3-13(4-2-12)20-15-11-17-6-5-14(15)18-7-9-19-10-8-18/h1-6,11H,7-10H2. The molecule has 1 fully saturated rings. The van der Waals surface area contributed by atoms with E-state index in [0.29, 0.717) is 0 Å². The van der Waals surface area contributed by atoms with Gasteiger partial charge in [-0.3, -0.25) is 4.98 Å². The van der Waals surface area contributed by atoms with E-state index in [0.717, 1.165) is 41.1 Å². The first kappa shape index (κ1) is 13.7. The van der Waals surface area contributed by atoms with Crippen LogP contribution in [0.3, 0.4) is 0 Å². The first-order chi connectivity index (χ1) is 9.83. The summed E-state index contributed by atoms with van der Waals surface area (Å²) in [4.78, 5) is 8.93. The highest BCUT2D eigenvalue weighted by atomic mass is 35.5. The van der Waals surface area contributed by atoms with E-state index in [1.165, 1.54) is 5.69 Å². The lowest BCUT2D eigenvalue weighted by molar-refractivity contribution is 0.122. The molecule has 104 valence electrons. The van der Waals surface area contributed by atoms with Crippen LogP contribution in [-0.2, 0) is 4.74 Å². The molecule has 1 aliphatic heterocycles. The van der Waals surface area contributed by atoms with Crippen molar-refractivity contribution in [2.45, 2.75) is 9.79 Å². The van der Waals surface area contributed by atoms with E-state index in [9.17, 15) is 0 Å². The van der Waals surface area contributed by atoms with Crippen LogP contribution in [0, 0.1) is 0 Å². The minimum Gasteiger partial charge on any atom is -0.378 e. The van der Waals surface area contributed by atoms with Crippen molar-refractivity contribution in [1.29, 1.82) is 0 Å². The molecule has 0 spiro atoms. The Morgan fingerprint density at radius 2 is 1.85 bits per heavy atom. The highest BCUT2D eigenvalue weighted by Crippen LogP contribution is 2.35. The number of benzene rings is 1. The third kappa shape index (κ3) is 3.26. The Kier molecular flexibility index (Phi) is 4.45. The van der Waals surface area contributed by atoms with E-state index in [2.05, 4.69) is 16.0 Å². The molecule has 0 saturated carbocycles. The van der Waals surface area contributed by atoms with Crippen LogP contribution in [0.2, 0.25) is 5.02 Å². The quantitative estimate of drug-likeness (QED) is 0.863. The second-order valence-electron chi connectivity index (χ2n) is 4.50. The van der Waals surface area contributed by atoms with Crippen LogP contribution in [0.25, 0.3) is 0 Å². The van der Waals surface area contributed by atoms with Crippen molar-refractivity contribution < 1.29 is 4.74 Å². The Labute approximate surface area is 127 Å². The molecule has 0 bridgehead atoms. The Morgan fingerprint density at radius 1 is 1.10 bits per heavy atom. The van der Waals surface area contributed by atoms with Gasteiger partial charge in [0.15, 0.2) is 0 Å². The van der Waals surface area contributed by atoms with Crippen molar-refractivity contribution in [3.63, 3.8) is 0 Å². The lowest BCUT2D eigenvalue weighted by Crippen LogP contribution is -2.36. The number of ether oxygens (including phenoxy) is 1.